The fraction of sp³-hybridized carbons (Fsp3) is 0.370. The molecular weight excluding hydrogens is 444 g/mol. The molecule has 1 atom stereocenters. The summed E-state index contributed by atoms with van der Waals surface area (Å²) in [7, 11) is 0. The number of hydrogen-bond acceptors (Lipinski definition) is 4. The van der Waals surface area contributed by atoms with Gasteiger partial charge in [0.2, 0.25) is 0 Å². The Kier molecular flexibility index (Phi) is 6.63. The first-order valence-electron chi connectivity index (χ1n) is 12.1. The number of H-pyrrole nitrogens is 1. The van der Waals surface area contributed by atoms with Crippen LogP contribution in [0.25, 0.3) is 10.9 Å². The van der Waals surface area contributed by atoms with E-state index in [1.54, 1.807) is 22.8 Å². The van der Waals surface area contributed by atoms with Gasteiger partial charge in [-0.2, -0.15) is 0 Å². The van der Waals surface area contributed by atoms with Crippen molar-refractivity contribution in [3.63, 3.8) is 0 Å². The number of nitrogens with zero attached hydrogens (tertiary/aromatic N) is 3. The van der Waals surface area contributed by atoms with E-state index in [-0.39, 0.29) is 11.5 Å². The van der Waals surface area contributed by atoms with Gasteiger partial charge in [-0.05, 0) is 74.2 Å². The van der Waals surface area contributed by atoms with Crippen LogP contribution < -0.4 is 10.5 Å². The lowest BCUT2D eigenvalue weighted by Gasteiger charge is -2.36. The molecule has 3 aromatic rings. The monoisotopic (exact) mass is 474 g/mol. The molecule has 1 aromatic heterocycles. The highest BCUT2D eigenvalue weighted by Gasteiger charge is 2.23. The molecule has 1 N–H and O–H groups in total. The van der Waals surface area contributed by atoms with Gasteiger partial charge in [0.05, 0.1) is 10.9 Å². The van der Waals surface area contributed by atoms with E-state index in [4.69, 9.17) is 12.2 Å². The van der Waals surface area contributed by atoms with Gasteiger partial charge in [0.1, 0.15) is 0 Å². The average Bonchev–Trinajstić information content (AvgIpc) is 2.89. The quantitative estimate of drug-likeness (QED) is 0.428. The molecule has 7 heteroatoms. The first-order valence-corrected chi connectivity index (χ1v) is 12.5. The first kappa shape index (κ1) is 22.6. The number of anilines is 1. The van der Waals surface area contributed by atoms with Crippen molar-refractivity contribution in [1.29, 1.82) is 0 Å². The van der Waals surface area contributed by atoms with Crippen molar-refractivity contribution in [2.24, 2.45) is 5.92 Å². The SMILES string of the molecule is O=C(c1ccc2c(=O)n(CCC3C=CCCC3)c(=S)[nH]c2c1)N1CCN(c2ccccc2)CC1. The zero-order chi connectivity index (χ0) is 23.5. The largest absolute Gasteiger partial charge is 0.368 e. The van der Waals surface area contributed by atoms with Gasteiger partial charge in [0.15, 0.2) is 4.77 Å². The summed E-state index contributed by atoms with van der Waals surface area (Å²) in [6.45, 7) is 3.53. The van der Waals surface area contributed by atoms with Crippen molar-refractivity contribution < 1.29 is 4.79 Å². The minimum atomic E-state index is -0.0889. The molecule has 1 aliphatic carbocycles. The van der Waals surface area contributed by atoms with Gasteiger partial charge >= 0.3 is 0 Å². The van der Waals surface area contributed by atoms with E-state index in [0.717, 1.165) is 25.9 Å². The van der Waals surface area contributed by atoms with Gasteiger partial charge in [0, 0.05) is 44.0 Å². The summed E-state index contributed by atoms with van der Waals surface area (Å²) in [5.74, 6) is 0.496. The average molecular weight is 475 g/mol. The number of nitrogens with one attached hydrogen (secondary N) is 1. The zero-order valence-corrected chi connectivity index (χ0v) is 20.1. The van der Waals surface area contributed by atoms with Gasteiger partial charge < -0.3 is 14.8 Å². The molecule has 1 saturated heterocycles. The molecule has 1 amide bonds. The number of carbonyl (C=O) groups excluding carboxylic acids is 1. The number of aromatic amines is 1. The molecule has 6 nitrogen and oxygen atoms in total. The molecule has 176 valence electrons. The van der Waals surface area contributed by atoms with Crippen molar-refractivity contribution in [3.05, 3.63) is 81.4 Å². The number of allylic oxidation sites excluding steroid dienone is 2. The number of amides is 1. The summed E-state index contributed by atoms with van der Waals surface area (Å²) in [5, 5.41) is 0.568. The van der Waals surface area contributed by atoms with E-state index >= 15 is 0 Å². The van der Waals surface area contributed by atoms with Gasteiger partial charge in [0.25, 0.3) is 11.5 Å². The normalized spacial score (nSPS) is 18.4. The maximum atomic E-state index is 13.2. The number of fused-ring (bicyclic) bond motifs is 1. The van der Waals surface area contributed by atoms with Crippen molar-refractivity contribution in [2.75, 3.05) is 31.1 Å². The Bertz CT molecular complexity index is 1320. The molecular formula is C27H30N4O2S. The lowest BCUT2D eigenvalue weighted by Crippen LogP contribution is -2.48. The topological polar surface area (TPSA) is 61.3 Å². The maximum absolute atomic E-state index is 13.2. The van der Waals surface area contributed by atoms with Crippen LogP contribution in [-0.4, -0.2) is 46.5 Å². The second-order valence-electron chi connectivity index (χ2n) is 9.17. The second kappa shape index (κ2) is 9.97. The van der Waals surface area contributed by atoms with Crippen LogP contribution in [0.5, 0.6) is 0 Å². The second-order valence-corrected chi connectivity index (χ2v) is 9.56. The van der Waals surface area contributed by atoms with Gasteiger partial charge in [-0.15, -0.1) is 0 Å². The molecule has 2 aliphatic rings. The van der Waals surface area contributed by atoms with Crippen LogP contribution in [0.4, 0.5) is 5.69 Å². The highest BCUT2D eigenvalue weighted by molar-refractivity contribution is 7.71. The lowest BCUT2D eigenvalue weighted by molar-refractivity contribution is 0.0747. The van der Waals surface area contributed by atoms with Crippen molar-refractivity contribution in [2.45, 2.75) is 32.2 Å². The summed E-state index contributed by atoms with van der Waals surface area (Å²) in [6.07, 6.45) is 8.93. The number of rotatable bonds is 5. The maximum Gasteiger partial charge on any atom is 0.262 e. The highest BCUT2D eigenvalue weighted by atomic mass is 32.1. The fourth-order valence-corrected chi connectivity index (χ4v) is 5.28. The summed E-state index contributed by atoms with van der Waals surface area (Å²) in [4.78, 5) is 33.7. The van der Waals surface area contributed by atoms with Crippen LogP contribution in [-0.2, 0) is 6.54 Å². The highest BCUT2D eigenvalue weighted by Crippen LogP contribution is 2.21. The van der Waals surface area contributed by atoms with E-state index in [2.05, 4.69) is 34.2 Å². The van der Waals surface area contributed by atoms with Crippen LogP contribution >= 0.6 is 12.2 Å². The molecule has 1 aliphatic heterocycles. The number of para-hydroxylation sites is 1. The van der Waals surface area contributed by atoms with E-state index in [1.807, 2.05) is 23.1 Å². The molecule has 0 saturated carbocycles. The van der Waals surface area contributed by atoms with Gasteiger partial charge in [-0.25, -0.2) is 0 Å². The van der Waals surface area contributed by atoms with E-state index in [1.165, 1.54) is 18.5 Å². The van der Waals surface area contributed by atoms with E-state index in [9.17, 15) is 9.59 Å². The summed E-state index contributed by atoms with van der Waals surface area (Å²) >= 11 is 5.52. The number of hydrogen-bond donors (Lipinski definition) is 1. The number of aromatic nitrogens is 2. The van der Waals surface area contributed by atoms with Gasteiger partial charge in [-0.1, -0.05) is 30.4 Å². The van der Waals surface area contributed by atoms with Crippen LogP contribution in [0.3, 0.4) is 0 Å². The Balaban J connectivity index is 1.30. The van der Waals surface area contributed by atoms with Crippen molar-refractivity contribution >= 4 is 34.7 Å². The molecule has 34 heavy (non-hydrogen) atoms. The lowest BCUT2D eigenvalue weighted by atomic mass is 9.93. The standard InChI is InChI=1S/C27H30N4O2S/c32-25(30-17-15-29(16-18-30)22-9-5-2-6-10-22)21-11-12-23-24(19-21)28-27(34)31(26(23)33)14-13-20-7-3-1-4-8-20/h2-3,5-7,9-12,19-20H,1,4,8,13-18H2,(H,28,34). The summed E-state index contributed by atoms with van der Waals surface area (Å²) in [5.41, 5.74) is 2.30. The summed E-state index contributed by atoms with van der Waals surface area (Å²) < 4.78 is 2.07. The van der Waals surface area contributed by atoms with Crippen LogP contribution in [0.2, 0.25) is 0 Å². The molecule has 0 bridgehead atoms. The third-order valence-corrected chi connectivity index (χ3v) is 7.32. The predicted molar refractivity (Wildman–Crippen MR) is 139 cm³/mol. The minimum Gasteiger partial charge on any atom is -0.368 e. The minimum absolute atomic E-state index is 0.0119. The predicted octanol–water partition coefficient (Wildman–Crippen LogP) is 4.77. The third-order valence-electron chi connectivity index (χ3n) is 6.99. The fourth-order valence-electron chi connectivity index (χ4n) is 5.00. The smallest absolute Gasteiger partial charge is 0.262 e. The van der Waals surface area contributed by atoms with E-state index < -0.39 is 0 Å². The van der Waals surface area contributed by atoms with Crippen LogP contribution in [0.1, 0.15) is 36.0 Å². The molecule has 0 spiro atoms. The number of benzene rings is 2. The van der Waals surface area contributed by atoms with Crippen molar-refractivity contribution in [1.82, 2.24) is 14.5 Å². The Hall–Kier alpha value is -3.19. The van der Waals surface area contributed by atoms with Gasteiger partial charge in [-0.3, -0.25) is 14.2 Å². The van der Waals surface area contributed by atoms with Crippen LogP contribution in [0, 0.1) is 10.7 Å². The van der Waals surface area contributed by atoms with E-state index in [0.29, 0.717) is 46.8 Å². The molecule has 2 heterocycles. The Labute approximate surface area is 204 Å². The molecule has 0 radical (unpaired) electrons. The summed E-state index contributed by atoms with van der Waals surface area (Å²) in [6, 6.07) is 15.6. The number of piperazine rings is 1. The van der Waals surface area contributed by atoms with Crippen molar-refractivity contribution in [3.8, 4) is 0 Å². The molecule has 5 rings (SSSR count). The number of carbonyl (C=O) groups is 1. The Morgan fingerprint density at radius 2 is 1.85 bits per heavy atom. The first-order chi connectivity index (χ1) is 16.6. The Morgan fingerprint density at radius 3 is 2.59 bits per heavy atom. The Morgan fingerprint density at radius 1 is 1.06 bits per heavy atom. The molecule has 1 unspecified atom stereocenters. The van der Waals surface area contributed by atoms with Crippen LogP contribution in [0.15, 0.2) is 65.5 Å². The third kappa shape index (κ3) is 4.71. The molecule has 2 aromatic carbocycles. The zero-order valence-electron chi connectivity index (χ0n) is 19.3. The molecule has 1 fully saturated rings.